The van der Waals surface area contributed by atoms with Crippen LogP contribution in [0.3, 0.4) is 0 Å². The third-order valence-corrected chi connectivity index (χ3v) is 8.22. The first-order chi connectivity index (χ1) is 22.7. The Morgan fingerprint density at radius 1 is 0.471 bits per heavy atom. The molecule has 0 bridgehead atoms. The molecule has 0 spiro atoms. The average molecular weight is 715 g/mol. The van der Waals surface area contributed by atoms with E-state index in [0.29, 0.717) is 0 Å². The molecule has 1 aliphatic rings. The normalized spacial score (nSPS) is 14.3. The minimum Gasteiger partial charge on any atom is -0.458 e. The van der Waals surface area contributed by atoms with Crippen LogP contribution in [0.5, 0.6) is 0 Å². The predicted molar refractivity (Wildman–Crippen MR) is 188 cm³/mol. The van der Waals surface area contributed by atoms with E-state index in [1.165, 1.54) is 95.2 Å². The van der Waals surface area contributed by atoms with E-state index in [2.05, 4.69) is 26.6 Å². The number of nitrogens with one attached hydrogen (secondary N) is 5. The van der Waals surface area contributed by atoms with Gasteiger partial charge in [0.25, 0.3) is 11.8 Å². The van der Waals surface area contributed by atoms with Crippen LogP contribution in [0.2, 0.25) is 0 Å². The molecule has 2 rings (SSSR count). The maximum absolute atomic E-state index is 13.5. The van der Waals surface area contributed by atoms with Gasteiger partial charge in [-0.2, -0.15) is 0 Å². The summed E-state index contributed by atoms with van der Waals surface area (Å²) in [5.41, 5.74) is -9.97. The SMILES string of the molecule is CC(C)(C)OC(=O)C(C)(C)NC(=O)C(C)(C)NC(=O)C(C)(C)NC(=O)C(C)(C)NC(=O)C(C)(C)NC(=O)C(C)(C)N1C(=O)c2ccccc2C1=O. The van der Waals surface area contributed by atoms with Crippen LogP contribution in [-0.2, 0) is 33.5 Å². The Morgan fingerprint density at radius 2 is 0.745 bits per heavy atom. The van der Waals surface area contributed by atoms with Gasteiger partial charge in [-0.15, -0.1) is 0 Å². The van der Waals surface area contributed by atoms with Gasteiger partial charge >= 0.3 is 5.97 Å². The number of amides is 7. The minimum absolute atomic E-state index is 0.165. The van der Waals surface area contributed by atoms with Gasteiger partial charge in [-0.3, -0.25) is 38.5 Å². The van der Waals surface area contributed by atoms with Crippen LogP contribution < -0.4 is 26.6 Å². The molecule has 1 aromatic rings. The Labute approximate surface area is 299 Å². The summed E-state index contributed by atoms with van der Waals surface area (Å²) in [6, 6.07) is 6.20. The molecule has 15 heteroatoms. The van der Waals surface area contributed by atoms with Crippen molar-refractivity contribution in [2.75, 3.05) is 0 Å². The van der Waals surface area contributed by atoms with Gasteiger partial charge in [0.2, 0.25) is 29.5 Å². The van der Waals surface area contributed by atoms with Crippen molar-refractivity contribution in [2.24, 2.45) is 0 Å². The third-order valence-electron chi connectivity index (χ3n) is 8.22. The molecule has 0 aromatic heterocycles. The van der Waals surface area contributed by atoms with E-state index < -0.39 is 86.2 Å². The second kappa shape index (κ2) is 13.7. The summed E-state index contributed by atoms with van der Waals surface area (Å²) in [6.07, 6.45) is 0. The van der Waals surface area contributed by atoms with Crippen molar-refractivity contribution >= 4 is 47.3 Å². The largest absolute Gasteiger partial charge is 0.458 e. The summed E-state index contributed by atoms with van der Waals surface area (Å²) in [6.45, 7) is 22.0. The molecule has 0 atom stereocenters. The lowest BCUT2D eigenvalue weighted by Crippen LogP contribution is -2.69. The molecular weight excluding hydrogens is 660 g/mol. The number of fused-ring (bicyclic) bond motifs is 1. The molecular formula is C36H54N6O9. The van der Waals surface area contributed by atoms with Crippen LogP contribution in [0.25, 0.3) is 0 Å². The molecule has 282 valence electrons. The smallest absolute Gasteiger partial charge is 0.331 e. The second-order valence-electron chi connectivity index (χ2n) is 16.9. The van der Waals surface area contributed by atoms with Gasteiger partial charge in [-0.25, -0.2) is 4.79 Å². The lowest BCUT2D eigenvalue weighted by Gasteiger charge is -2.38. The van der Waals surface area contributed by atoms with Gasteiger partial charge in [0, 0.05) is 0 Å². The van der Waals surface area contributed by atoms with Crippen molar-refractivity contribution in [3.8, 4) is 0 Å². The summed E-state index contributed by atoms with van der Waals surface area (Å²) in [4.78, 5) is 107. The van der Waals surface area contributed by atoms with Gasteiger partial charge in [0.1, 0.15) is 38.8 Å². The monoisotopic (exact) mass is 714 g/mol. The molecule has 1 aromatic carbocycles. The Morgan fingerprint density at radius 3 is 1.04 bits per heavy atom. The number of carbonyl (C=O) groups is 8. The first-order valence-corrected chi connectivity index (χ1v) is 16.5. The molecule has 0 fully saturated rings. The molecule has 5 N–H and O–H groups in total. The van der Waals surface area contributed by atoms with Gasteiger partial charge in [0.05, 0.1) is 11.1 Å². The summed E-state index contributed by atoms with van der Waals surface area (Å²) >= 11 is 0. The summed E-state index contributed by atoms with van der Waals surface area (Å²) in [5.74, 6) is -5.71. The molecule has 15 nitrogen and oxygen atoms in total. The molecule has 0 saturated heterocycles. The average Bonchev–Trinajstić information content (AvgIpc) is 3.20. The Hall–Kier alpha value is -4.82. The zero-order valence-electron chi connectivity index (χ0n) is 32.4. The van der Waals surface area contributed by atoms with Gasteiger partial charge in [-0.05, 0) is 116 Å². The molecule has 51 heavy (non-hydrogen) atoms. The van der Waals surface area contributed by atoms with Crippen LogP contribution in [0.15, 0.2) is 24.3 Å². The standard InChI is InChI=1S/C36H54N6O9/c1-30(2,3)51-29(50)35(12,13)40-27(48)33(8,9)38-25(46)31(4,5)37-24(45)32(6,7)39-26(47)34(10,11)41-28(49)36(14,15)42-22(43)20-18-16-17-19-21(20)23(42)44/h16-19H,1-15H3,(H,37,45)(H,38,46)(H,39,47)(H,40,48)(H,41,49). The highest BCUT2D eigenvalue weighted by Gasteiger charge is 2.50. The summed E-state index contributed by atoms with van der Waals surface area (Å²) < 4.78 is 5.38. The molecule has 0 saturated carbocycles. The van der Waals surface area contributed by atoms with E-state index in [0.717, 1.165) is 4.90 Å². The quantitative estimate of drug-likeness (QED) is 0.158. The van der Waals surface area contributed by atoms with Gasteiger partial charge in [0.15, 0.2) is 0 Å². The van der Waals surface area contributed by atoms with E-state index >= 15 is 0 Å². The van der Waals surface area contributed by atoms with E-state index in [1.807, 2.05) is 0 Å². The number of imide groups is 1. The van der Waals surface area contributed by atoms with Crippen molar-refractivity contribution in [1.82, 2.24) is 31.5 Å². The Bertz CT molecular complexity index is 1610. The molecule has 0 radical (unpaired) electrons. The van der Waals surface area contributed by atoms with Crippen molar-refractivity contribution in [3.63, 3.8) is 0 Å². The molecule has 7 amide bonds. The highest BCUT2D eigenvalue weighted by atomic mass is 16.6. The van der Waals surface area contributed by atoms with Crippen molar-refractivity contribution < 1.29 is 43.1 Å². The number of esters is 1. The first kappa shape index (κ1) is 42.3. The van der Waals surface area contributed by atoms with Crippen molar-refractivity contribution in [3.05, 3.63) is 35.4 Å². The summed E-state index contributed by atoms with van der Waals surface area (Å²) in [7, 11) is 0. The lowest BCUT2D eigenvalue weighted by molar-refractivity contribution is -0.163. The Kier molecular flexibility index (Phi) is 11.4. The molecule has 1 aliphatic heterocycles. The Balaban J connectivity index is 2.10. The topological polar surface area (TPSA) is 209 Å². The van der Waals surface area contributed by atoms with Gasteiger partial charge in [-0.1, -0.05) is 12.1 Å². The van der Waals surface area contributed by atoms with Crippen LogP contribution in [0.1, 0.15) is 125 Å². The number of carbonyl (C=O) groups excluding carboxylic acids is 8. The van der Waals surface area contributed by atoms with E-state index in [-0.39, 0.29) is 11.1 Å². The maximum Gasteiger partial charge on any atom is 0.331 e. The highest BCUT2D eigenvalue weighted by molar-refractivity contribution is 6.23. The predicted octanol–water partition coefficient (Wildman–Crippen LogP) is 1.88. The number of nitrogens with zero attached hydrogens (tertiary/aromatic N) is 1. The second-order valence-corrected chi connectivity index (χ2v) is 16.9. The number of ether oxygens (including phenoxy) is 1. The third kappa shape index (κ3) is 9.50. The van der Waals surface area contributed by atoms with Crippen LogP contribution in [-0.4, -0.2) is 91.1 Å². The fourth-order valence-corrected chi connectivity index (χ4v) is 4.68. The summed E-state index contributed by atoms with van der Waals surface area (Å²) in [5, 5.41) is 12.9. The number of benzene rings is 1. The zero-order valence-corrected chi connectivity index (χ0v) is 32.4. The maximum atomic E-state index is 13.5. The zero-order chi connectivity index (χ0) is 39.9. The van der Waals surface area contributed by atoms with E-state index in [1.54, 1.807) is 32.9 Å². The lowest BCUT2D eigenvalue weighted by atomic mass is 9.94. The van der Waals surface area contributed by atoms with E-state index in [4.69, 9.17) is 4.74 Å². The molecule has 1 heterocycles. The van der Waals surface area contributed by atoms with Crippen molar-refractivity contribution in [1.29, 1.82) is 0 Å². The number of hydrogen-bond acceptors (Lipinski definition) is 9. The van der Waals surface area contributed by atoms with E-state index in [9.17, 15) is 38.4 Å². The molecule has 0 aliphatic carbocycles. The molecule has 0 unspecified atom stereocenters. The highest BCUT2D eigenvalue weighted by Crippen LogP contribution is 2.30. The van der Waals surface area contributed by atoms with Crippen molar-refractivity contribution in [2.45, 2.75) is 143 Å². The number of hydrogen-bond donors (Lipinski definition) is 5. The van der Waals surface area contributed by atoms with Crippen LogP contribution in [0.4, 0.5) is 0 Å². The number of rotatable bonds is 12. The first-order valence-electron chi connectivity index (χ1n) is 16.5. The van der Waals surface area contributed by atoms with Crippen LogP contribution >= 0.6 is 0 Å². The fraction of sp³-hybridized carbons (Fsp3) is 0.611. The van der Waals surface area contributed by atoms with Gasteiger partial charge < -0.3 is 31.3 Å². The fourth-order valence-electron chi connectivity index (χ4n) is 4.68. The van der Waals surface area contributed by atoms with Crippen LogP contribution in [0, 0.1) is 0 Å². The minimum atomic E-state index is -1.69.